The van der Waals surface area contributed by atoms with Crippen molar-refractivity contribution in [2.75, 3.05) is 13.7 Å². The van der Waals surface area contributed by atoms with Gasteiger partial charge in [0.2, 0.25) is 0 Å². The highest BCUT2D eigenvalue weighted by atomic mass is 16.5. The van der Waals surface area contributed by atoms with Crippen molar-refractivity contribution in [2.45, 2.75) is 78.7 Å². The monoisotopic (exact) mass is 400 g/mol. The van der Waals surface area contributed by atoms with Crippen LogP contribution in [0.1, 0.15) is 83.0 Å². The van der Waals surface area contributed by atoms with Crippen LogP contribution in [0.2, 0.25) is 0 Å². The molecule has 0 heterocycles. The summed E-state index contributed by atoms with van der Waals surface area (Å²) >= 11 is 0. The number of benzene rings is 1. The first-order valence-corrected chi connectivity index (χ1v) is 11.3. The van der Waals surface area contributed by atoms with Crippen molar-refractivity contribution in [1.29, 1.82) is 0 Å². The van der Waals surface area contributed by atoms with Crippen LogP contribution in [0.15, 0.2) is 42.5 Å². The molecule has 1 aromatic carbocycles. The number of allylic oxidation sites excluding steroid dienone is 1. The average molecular weight is 401 g/mol. The summed E-state index contributed by atoms with van der Waals surface area (Å²) in [5.74, 6) is 0.320. The molecule has 0 amide bonds. The third-order valence-electron chi connectivity index (χ3n) is 7.16. The zero-order valence-corrected chi connectivity index (χ0v) is 19.1. The zero-order valence-electron chi connectivity index (χ0n) is 19.1. The molecule has 3 atom stereocenters. The number of esters is 1. The van der Waals surface area contributed by atoms with E-state index in [0.29, 0.717) is 11.5 Å². The smallest absolute Gasteiger partial charge is 0.338 e. The molecule has 1 fully saturated rings. The Morgan fingerprint density at radius 1 is 1.17 bits per heavy atom. The standard InChI is InChI=1S/C26H40O3/c1-6-7-8-12-15-23(29-24(27)21-13-10-9-11-14-21)17-19-26(4)18-16-22(20-28-5)25(26,2)3/h9-11,13-14,17,19,22-23H,6-8,12,15-16,18,20H2,1-5H3/b19-17-/t22-,23+,26-/m0/s1. The maximum Gasteiger partial charge on any atom is 0.338 e. The van der Waals surface area contributed by atoms with E-state index in [2.05, 4.69) is 39.8 Å². The van der Waals surface area contributed by atoms with Gasteiger partial charge in [-0.3, -0.25) is 0 Å². The number of hydrogen-bond acceptors (Lipinski definition) is 3. The number of unbranched alkanes of at least 4 members (excludes halogenated alkanes) is 3. The van der Waals surface area contributed by atoms with Gasteiger partial charge in [0.05, 0.1) is 5.56 Å². The predicted molar refractivity (Wildman–Crippen MR) is 120 cm³/mol. The Kier molecular flexibility index (Phi) is 8.95. The minimum atomic E-state index is -0.233. The van der Waals surface area contributed by atoms with Gasteiger partial charge in [-0.1, -0.05) is 71.2 Å². The fourth-order valence-electron chi connectivity index (χ4n) is 4.48. The Hall–Kier alpha value is -1.61. The molecule has 1 aliphatic rings. The molecule has 2 rings (SSSR count). The highest BCUT2D eigenvalue weighted by Gasteiger charge is 2.49. The van der Waals surface area contributed by atoms with Gasteiger partial charge in [0.15, 0.2) is 0 Å². The molecule has 0 radical (unpaired) electrons. The van der Waals surface area contributed by atoms with E-state index in [9.17, 15) is 4.79 Å². The van der Waals surface area contributed by atoms with Gasteiger partial charge >= 0.3 is 5.97 Å². The van der Waals surface area contributed by atoms with Crippen molar-refractivity contribution in [1.82, 2.24) is 0 Å². The Morgan fingerprint density at radius 2 is 1.90 bits per heavy atom. The van der Waals surface area contributed by atoms with E-state index in [1.165, 1.54) is 25.7 Å². The van der Waals surface area contributed by atoms with Crippen LogP contribution in [0.5, 0.6) is 0 Å². The van der Waals surface area contributed by atoms with E-state index in [1.54, 1.807) is 7.11 Å². The van der Waals surface area contributed by atoms with E-state index >= 15 is 0 Å². The van der Waals surface area contributed by atoms with Gasteiger partial charge in [0.25, 0.3) is 0 Å². The lowest BCUT2D eigenvalue weighted by Gasteiger charge is -2.40. The summed E-state index contributed by atoms with van der Waals surface area (Å²) in [5, 5.41) is 0. The quantitative estimate of drug-likeness (QED) is 0.232. The van der Waals surface area contributed by atoms with Gasteiger partial charge in [0.1, 0.15) is 6.10 Å². The molecular weight excluding hydrogens is 360 g/mol. The van der Waals surface area contributed by atoms with Gasteiger partial charge in [0, 0.05) is 13.7 Å². The second kappa shape index (κ2) is 11.0. The number of carbonyl (C=O) groups is 1. The maximum absolute atomic E-state index is 12.6. The summed E-state index contributed by atoms with van der Waals surface area (Å²) in [6, 6.07) is 9.30. The molecule has 0 aliphatic heterocycles. The molecule has 1 aliphatic carbocycles. The fourth-order valence-corrected chi connectivity index (χ4v) is 4.48. The number of ether oxygens (including phenoxy) is 2. The second-order valence-corrected chi connectivity index (χ2v) is 9.35. The van der Waals surface area contributed by atoms with Crippen LogP contribution in [0, 0.1) is 16.7 Å². The largest absolute Gasteiger partial charge is 0.455 e. The van der Waals surface area contributed by atoms with Crippen LogP contribution >= 0.6 is 0 Å². The number of hydrogen-bond donors (Lipinski definition) is 0. The lowest BCUT2D eigenvalue weighted by Crippen LogP contribution is -2.34. The van der Waals surface area contributed by atoms with Gasteiger partial charge < -0.3 is 9.47 Å². The minimum absolute atomic E-state index is 0.0804. The third-order valence-corrected chi connectivity index (χ3v) is 7.16. The fraction of sp³-hybridized carbons (Fsp3) is 0.654. The van der Waals surface area contributed by atoms with E-state index in [-0.39, 0.29) is 22.9 Å². The van der Waals surface area contributed by atoms with Gasteiger partial charge in [-0.15, -0.1) is 0 Å². The van der Waals surface area contributed by atoms with Crippen molar-refractivity contribution in [3.8, 4) is 0 Å². The number of rotatable bonds is 11. The minimum Gasteiger partial charge on any atom is -0.455 e. The van der Waals surface area contributed by atoms with E-state index in [4.69, 9.17) is 9.47 Å². The number of methoxy groups -OCH3 is 1. The first kappa shape index (κ1) is 23.7. The highest BCUT2D eigenvalue weighted by Crippen LogP contribution is 2.56. The molecule has 0 saturated heterocycles. The van der Waals surface area contributed by atoms with Gasteiger partial charge in [-0.05, 0) is 60.6 Å². The molecular formula is C26H40O3. The summed E-state index contributed by atoms with van der Waals surface area (Å²) in [5.41, 5.74) is 0.847. The Bertz CT molecular complexity index is 649. The lowest BCUT2D eigenvalue weighted by atomic mass is 9.65. The lowest BCUT2D eigenvalue weighted by molar-refractivity contribution is 0.0367. The molecule has 0 N–H and O–H groups in total. The average Bonchev–Trinajstić information content (AvgIpc) is 2.94. The van der Waals surface area contributed by atoms with Crippen molar-refractivity contribution in [2.24, 2.45) is 16.7 Å². The Morgan fingerprint density at radius 3 is 2.55 bits per heavy atom. The molecule has 29 heavy (non-hydrogen) atoms. The molecule has 0 unspecified atom stereocenters. The predicted octanol–water partition coefficient (Wildman–Crippen LogP) is 6.83. The molecule has 3 nitrogen and oxygen atoms in total. The van der Waals surface area contributed by atoms with Crippen LogP contribution in [-0.2, 0) is 9.47 Å². The van der Waals surface area contributed by atoms with E-state index in [1.807, 2.05) is 30.3 Å². The zero-order chi connectivity index (χ0) is 21.3. The molecule has 0 bridgehead atoms. The summed E-state index contributed by atoms with van der Waals surface area (Å²) in [4.78, 5) is 12.6. The topological polar surface area (TPSA) is 35.5 Å². The summed E-state index contributed by atoms with van der Waals surface area (Å²) in [6.45, 7) is 10.1. The van der Waals surface area contributed by atoms with Crippen molar-refractivity contribution < 1.29 is 14.3 Å². The summed E-state index contributed by atoms with van der Waals surface area (Å²) in [7, 11) is 1.79. The van der Waals surface area contributed by atoms with Crippen LogP contribution in [0.25, 0.3) is 0 Å². The van der Waals surface area contributed by atoms with Gasteiger partial charge in [-0.25, -0.2) is 4.79 Å². The molecule has 1 saturated carbocycles. The molecule has 1 aromatic rings. The van der Waals surface area contributed by atoms with Crippen molar-refractivity contribution in [3.63, 3.8) is 0 Å². The number of carbonyl (C=O) groups excluding carboxylic acids is 1. The second-order valence-electron chi connectivity index (χ2n) is 9.35. The van der Waals surface area contributed by atoms with Gasteiger partial charge in [-0.2, -0.15) is 0 Å². The van der Waals surface area contributed by atoms with Crippen molar-refractivity contribution in [3.05, 3.63) is 48.0 Å². The van der Waals surface area contributed by atoms with Crippen LogP contribution in [0.4, 0.5) is 0 Å². The van der Waals surface area contributed by atoms with E-state index in [0.717, 1.165) is 25.9 Å². The normalized spacial score (nSPS) is 24.7. The summed E-state index contributed by atoms with van der Waals surface area (Å²) in [6.07, 6.45) is 12.2. The first-order chi connectivity index (χ1) is 13.8. The van der Waals surface area contributed by atoms with Crippen molar-refractivity contribution >= 4 is 5.97 Å². The SMILES string of the molecule is CCCCCC[C@H](/C=C\[C@]1(C)CC[C@@H](COC)C1(C)C)OC(=O)c1ccccc1. The molecule has 3 heteroatoms. The Balaban J connectivity index is 2.10. The molecule has 0 aromatic heterocycles. The summed E-state index contributed by atoms with van der Waals surface area (Å²) < 4.78 is 11.4. The first-order valence-electron chi connectivity index (χ1n) is 11.3. The van der Waals surface area contributed by atoms with Crippen LogP contribution < -0.4 is 0 Å². The highest BCUT2D eigenvalue weighted by molar-refractivity contribution is 5.89. The molecule has 162 valence electrons. The third kappa shape index (κ3) is 6.18. The van der Waals surface area contributed by atoms with Crippen LogP contribution in [-0.4, -0.2) is 25.8 Å². The maximum atomic E-state index is 12.6. The Labute approximate surface area is 177 Å². The van der Waals surface area contributed by atoms with E-state index < -0.39 is 0 Å². The molecule has 0 spiro atoms. The van der Waals surface area contributed by atoms with Crippen LogP contribution in [0.3, 0.4) is 0 Å².